The summed E-state index contributed by atoms with van der Waals surface area (Å²) in [6.07, 6.45) is 0.0317. The highest BCUT2D eigenvalue weighted by Crippen LogP contribution is 2.02. The fraction of sp³-hybridized carbons (Fsp3) is 0.308. The van der Waals surface area contributed by atoms with Crippen molar-refractivity contribution >= 4 is 17.8 Å². The largest absolute Gasteiger partial charge is 0.468 e. The topological polar surface area (TPSA) is 84.5 Å². The van der Waals surface area contributed by atoms with Crippen LogP contribution in [0.3, 0.4) is 0 Å². The summed E-state index contributed by atoms with van der Waals surface area (Å²) in [7, 11) is 1.22. The highest BCUT2D eigenvalue weighted by atomic mass is 19.1. The number of rotatable bonds is 6. The predicted molar refractivity (Wildman–Crippen MR) is 68.4 cm³/mol. The summed E-state index contributed by atoms with van der Waals surface area (Å²) in [4.78, 5) is 33.7. The molecule has 6 nitrogen and oxygen atoms in total. The van der Waals surface area contributed by atoms with Crippen LogP contribution in [0.1, 0.15) is 16.8 Å². The average Bonchev–Trinajstić information content (AvgIpc) is 2.45. The Hall–Kier alpha value is -2.44. The second-order valence-corrected chi connectivity index (χ2v) is 3.87. The number of carbonyl (C=O) groups is 3. The fourth-order valence-electron chi connectivity index (χ4n) is 1.32. The molecule has 20 heavy (non-hydrogen) atoms. The monoisotopic (exact) mass is 282 g/mol. The van der Waals surface area contributed by atoms with E-state index in [0.717, 1.165) is 0 Å². The Labute approximate surface area is 115 Å². The van der Waals surface area contributed by atoms with Crippen LogP contribution in [0.5, 0.6) is 0 Å². The number of benzene rings is 1. The first-order valence-corrected chi connectivity index (χ1v) is 5.90. The number of hydrogen-bond acceptors (Lipinski definition) is 4. The van der Waals surface area contributed by atoms with Crippen molar-refractivity contribution in [1.82, 2.24) is 10.6 Å². The van der Waals surface area contributed by atoms with E-state index in [4.69, 9.17) is 0 Å². The Morgan fingerprint density at radius 2 is 1.80 bits per heavy atom. The molecule has 0 aliphatic carbocycles. The number of hydrogen-bond donors (Lipinski definition) is 2. The maximum atomic E-state index is 12.7. The van der Waals surface area contributed by atoms with Gasteiger partial charge in [0.2, 0.25) is 5.91 Å². The predicted octanol–water partition coefficient (Wildman–Crippen LogP) is 0.235. The van der Waals surface area contributed by atoms with Crippen molar-refractivity contribution in [3.8, 4) is 0 Å². The van der Waals surface area contributed by atoms with Crippen molar-refractivity contribution in [2.24, 2.45) is 0 Å². The standard InChI is InChI=1S/C13H15FN2O4/c1-20-12(18)8-16-11(17)6-7-15-13(19)9-2-4-10(14)5-3-9/h2-5H,6-8H2,1H3,(H,15,19)(H,16,17). The van der Waals surface area contributed by atoms with Gasteiger partial charge in [-0.2, -0.15) is 0 Å². The van der Waals surface area contributed by atoms with E-state index in [0.29, 0.717) is 5.56 Å². The van der Waals surface area contributed by atoms with E-state index in [1.54, 1.807) is 0 Å². The lowest BCUT2D eigenvalue weighted by molar-refractivity contribution is -0.141. The van der Waals surface area contributed by atoms with Gasteiger partial charge in [0.15, 0.2) is 0 Å². The van der Waals surface area contributed by atoms with Gasteiger partial charge >= 0.3 is 5.97 Å². The number of carbonyl (C=O) groups excluding carboxylic acids is 3. The number of amides is 2. The summed E-state index contributed by atoms with van der Waals surface area (Å²) < 4.78 is 17.0. The molecule has 0 saturated carbocycles. The van der Waals surface area contributed by atoms with Crippen molar-refractivity contribution in [2.45, 2.75) is 6.42 Å². The molecule has 0 aromatic heterocycles. The van der Waals surface area contributed by atoms with E-state index in [9.17, 15) is 18.8 Å². The zero-order chi connectivity index (χ0) is 15.0. The Bertz CT molecular complexity index is 488. The minimum Gasteiger partial charge on any atom is -0.468 e. The maximum Gasteiger partial charge on any atom is 0.325 e. The van der Waals surface area contributed by atoms with Crippen molar-refractivity contribution in [3.63, 3.8) is 0 Å². The van der Waals surface area contributed by atoms with Crippen molar-refractivity contribution < 1.29 is 23.5 Å². The van der Waals surface area contributed by atoms with E-state index >= 15 is 0 Å². The molecular formula is C13H15FN2O4. The van der Waals surface area contributed by atoms with Crippen LogP contribution in [0.15, 0.2) is 24.3 Å². The third-order valence-electron chi connectivity index (χ3n) is 2.40. The third kappa shape index (κ3) is 5.47. The van der Waals surface area contributed by atoms with Crippen LogP contribution in [-0.4, -0.2) is 38.0 Å². The molecule has 2 N–H and O–H groups in total. The molecule has 1 aromatic carbocycles. The van der Waals surface area contributed by atoms with Crippen LogP contribution in [0.4, 0.5) is 4.39 Å². The van der Waals surface area contributed by atoms with Gasteiger partial charge in [-0.05, 0) is 24.3 Å². The summed E-state index contributed by atoms with van der Waals surface area (Å²) in [6, 6.07) is 5.06. The molecule has 0 fully saturated rings. The van der Waals surface area contributed by atoms with Gasteiger partial charge in [-0.15, -0.1) is 0 Å². The van der Waals surface area contributed by atoms with Gasteiger partial charge in [0.25, 0.3) is 5.91 Å². The number of esters is 1. The van der Waals surface area contributed by atoms with Crippen LogP contribution in [0, 0.1) is 5.82 Å². The van der Waals surface area contributed by atoms with E-state index in [2.05, 4.69) is 15.4 Å². The van der Waals surface area contributed by atoms with Crippen molar-refractivity contribution in [2.75, 3.05) is 20.2 Å². The van der Waals surface area contributed by atoms with Crippen molar-refractivity contribution in [1.29, 1.82) is 0 Å². The summed E-state index contributed by atoms with van der Waals surface area (Å²) in [5.74, 6) is -1.75. The molecule has 0 unspecified atom stereocenters. The Kier molecular flexibility index (Phi) is 6.15. The van der Waals surface area contributed by atoms with Crippen LogP contribution in [0.2, 0.25) is 0 Å². The molecule has 0 spiro atoms. The lowest BCUT2D eigenvalue weighted by Gasteiger charge is -2.06. The normalized spacial score (nSPS) is 9.70. The third-order valence-corrected chi connectivity index (χ3v) is 2.40. The molecule has 0 heterocycles. The van der Waals surface area contributed by atoms with E-state index in [1.165, 1.54) is 31.4 Å². The molecule has 0 saturated heterocycles. The van der Waals surface area contributed by atoms with E-state index < -0.39 is 17.7 Å². The van der Waals surface area contributed by atoms with Gasteiger partial charge in [-0.3, -0.25) is 14.4 Å². The molecule has 0 radical (unpaired) electrons. The minimum absolute atomic E-state index is 0.0317. The van der Waals surface area contributed by atoms with E-state index in [-0.39, 0.29) is 25.4 Å². The first-order chi connectivity index (χ1) is 9.52. The molecule has 0 atom stereocenters. The summed E-state index contributed by atoms with van der Waals surface area (Å²) in [5.41, 5.74) is 0.307. The SMILES string of the molecule is COC(=O)CNC(=O)CCNC(=O)c1ccc(F)cc1. The zero-order valence-corrected chi connectivity index (χ0v) is 10.9. The van der Waals surface area contributed by atoms with Gasteiger partial charge in [0.1, 0.15) is 12.4 Å². The van der Waals surface area contributed by atoms with Crippen molar-refractivity contribution in [3.05, 3.63) is 35.6 Å². The van der Waals surface area contributed by atoms with Gasteiger partial charge in [-0.25, -0.2) is 4.39 Å². The molecule has 0 aliphatic heterocycles. The van der Waals surface area contributed by atoms with Gasteiger partial charge in [0, 0.05) is 18.5 Å². The van der Waals surface area contributed by atoms with Gasteiger partial charge < -0.3 is 15.4 Å². The second kappa shape index (κ2) is 7.88. The summed E-state index contributed by atoms with van der Waals surface area (Å²) >= 11 is 0. The molecule has 0 aliphatic rings. The van der Waals surface area contributed by atoms with Gasteiger partial charge in [0.05, 0.1) is 7.11 Å². The lowest BCUT2D eigenvalue weighted by atomic mass is 10.2. The van der Waals surface area contributed by atoms with Crippen LogP contribution >= 0.6 is 0 Å². The Morgan fingerprint density at radius 1 is 1.15 bits per heavy atom. The number of halogens is 1. The van der Waals surface area contributed by atoms with E-state index in [1.807, 2.05) is 0 Å². The lowest BCUT2D eigenvalue weighted by Crippen LogP contribution is -2.33. The highest BCUT2D eigenvalue weighted by molar-refractivity contribution is 5.94. The minimum atomic E-state index is -0.548. The molecule has 1 aromatic rings. The first kappa shape index (κ1) is 15.6. The first-order valence-electron chi connectivity index (χ1n) is 5.90. The molecule has 0 bridgehead atoms. The molecule has 2 amide bonds. The Morgan fingerprint density at radius 3 is 2.40 bits per heavy atom. The smallest absolute Gasteiger partial charge is 0.325 e. The fourth-order valence-corrected chi connectivity index (χ4v) is 1.32. The van der Waals surface area contributed by atoms with Crippen LogP contribution < -0.4 is 10.6 Å². The quantitative estimate of drug-likeness (QED) is 0.732. The molecular weight excluding hydrogens is 267 g/mol. The number of nitrogens with one attached hydrogen (secondary N) is 2. The average molecular weight is 282 g/mol. The highest BCUT2D eigenvalue weighted by Gasteiger charge is 2.08. The zero-order valence-electron chi connectivity index (χ0n) is 10.9. The second-order valence-electron chi connectivity index (χ2n) is 3.87. The number of ether oxygens (including phenoxy) is 1. The van der Waals surface area contributed by atoms with Crippen LogP contribution in [-0.2, 0) is 14.3 Å². The molecule has 108 valence electrons. The number of methoxy groups -OCH3 is 1. The van der Waals surface area contributed by atoms with Gasteiger partial charge in [-0.1, -0.05) is 0 Å². The van der Waals surface area contributed by atoms with Crippen LogP contribution in [0.25, 0.3) is 0 Å². The summed E-state index contributed by atoms with van der Waals surface area (Å²) in [6.45, 7) is -0.0928. The summed E-state index contributed by atoms with van der Waals surface area (Å²) in [5, 5.41) is 4.85. The Balaban J connectivity index is 2.26. The molecule has 1 rings (SSSR count). The molecule has 7 heteroatoms. The maximum absolute atomic E-state index is 12.7.